The maximum absolute atomic E-state index is 12.8. The van der Waals surface area contributed by atoms with Crippen molar-refractivity contribution in [3.63, 3.8) is 0 Å². The quantitative estimate of drug-likeness (QED) is 0.433. The molecule has 0 aliphatic heterocycles. The normalized spacial score (nSPS) is 10.6. The van der Waals surface area contributed by atoms with E-state index in [-0.39, 0.29) is 28.1 Å². The predicted octanol–water partition coefficient (Wildman–Crippen LogP) is 1.19. The monoisotopic (exact) mass is 341 g/mol. The zero-order valence-corrected chi connectivity index (χ0v) is 13.6. The first-order chi connectivity index (χ1) is 12.0. The number of ether oxygens (including phenoxy) is 2. The van der Waals surface area contributed by atoms with Crippen LogP contribution < -0.4 is 24.7 Å². The molecule has 0 unspecified atom stereocenters. The molecule has 25 heavy (non-hydrogen) atoms. The largest absolute Gasteiger partial charge is 0.710 e. The maximum atomic E-state index is 12.8. The van der Waals surface area contributed by atoms with E-state index in [0.717, 1.165) is 0 Å². The third kappa shape index (κ3) is 2.53. The Labute approximate surface area is 142 Å². The van der Waals surface area contributed by atoms with Crippen molar-refractivity contribution >= 4 is 23.1 Å². The molecule has 0 aliphatic carbocycles. The first-order valence-electron chi connectivity index (χ1n) is 7.27. The van der Waals surface area contributed by atoms with E-state index in [2.05, 4.69) is 0 Å². The second-order valence-corrected chi connectivity index (χ2v) is 5.26. The summed E-state index contributed by atoms with van der Waals surface area (Å²) >= 11 is 0. The molecule has 0 saturated heterocycles. The average Bonchev–Trinajstić information content (AvgIpc) is 2.65. The van der Waals surface area contributed by atoms with Gasteiger partial charge in [0.1, 0.15) is 6.29 Å². The Bertz CT molecular complexity index is 988. The van der Waals surface area contributed by atoms with E-state index in [0.29, 0.717) is 32.8 Å². The van der Waals surface area contributed by atoms with Crippen LogP contribution in [0.3, 0.4) is 0 Å². The van der Waals surface area contributed by atoms with Crippen LogP contribution in [-0.2, 0) is 0 Å². The van der Waals surface area contributed by atoms with E-state index < -0.39 is 0 Å². The number of carbonyl (C=O) groups excluding carboxylic acids is 1. The van der Waals surface area contributed by atoms with Gasteiger partial charge < -0.3 is 19.9 Å². The summed E-state index contributed by atoms with van der Waals surface area (Å²) in [6, 6.07) is 8.92. The van der Waals surface area contributed by atoms with Crippen molar-refractivity contribution in [2.24, 2.45) is 0 Å². The third-order valence-corrected chi connectivity index (χ3v) is 3.89. The van der Waals surface area contributed by atoms with Gasteiger partial charge in [-0.05, 0) is 30.3 Å². The molecule has 0 atom stereocenters. The number of methoxy groups -OCH3 is 2. The molecule has 0 saturated carbocycles. The van der Waals surface area contributed by atoms with Crippen LogP contribution in [0.15, 0.2) is 36.4 Å². The number of anilines is 1. The number of nitrogens with zero attached hydrogens (tertiary/aromatic N) is 2. The van der Waals surface area contributed by atoms with Crippen molar-refractivity contribution in [2.45, 2.75) is 0 Å². The van der Waals surface area contributed by atoms with Crippen LogP contribution in [0.5, 0.6) is 11.5 Å². The minimum atomic E-state index is -0.256. The van der Waals surface area contributed by atoms with E-state index in [1.807, 2.05) is 0 Å². The molecule has 2 N–H and O–H groups in total. The number of aldehydes is 1. The number of nitrogen functional groups attached to an aromatic ring is 1. The smallest absolute Gasteiger partial charge is 0.351 e. The molecule has 0 amide bonds. The summed E-state index contributed by atoms with van der Waals surface area (Å²) in [7, 11) is 2.95. The molecule has 1 heterocycles. The van der Waals surface area contributed by atoms with E-state index in [1.165, 1.54) is 32.4 Å². The SMILES string of the molecule is COc1ccc(-c2c(N)[n+]([O-])c3ccc(C=O)cc3[n+]2[O-])cc1OC. The molecule has 0 spiro atoms. The molecule has 128 valence electrons. The van der Waals surface area contributed by atoms with E-state index in [4.69, 9.17) is 15.2 Å². The Balaban J connectivity index is 2.34. The Kier molecular flexibility index (Phi) is 4.02. The van der Waals surface area contributed by atoms with Gasteiger partial charge in [-0.15, -0.1) is 0 Å². The minimum absolute atomic E-state index is 0.0356. The van der Waals surface area contributed by atoms with Gasteiger partial charge >= 0.3 is 11.5 Å². The van der Waals surface area contributed by atoms with Gasteiger partial charge in [0.15, 0.2) is 11.5 Å². The van der Waals surface area contributed by atoms with Crippen LogP contribution in [0, 0.1) is 10.4 Å². The number of carbonyl (C=O) groups is 1. The van der Waals surface area contributed by atoms with Gasteiger partial charge in [-0.2, -0.15) is 4.73 Å². The Morgan fingerprint density at radius 1 is 0.960 bits per heavy atom. The molecule has 8 heteroatoms. The van der Waals surface area contributed by atoms with E-state index in [1.54, 1.807) is 18.2 Å². The van der Waals surface area contributed by atoms with E-state index >= 15 is 0 Å². The van der Waals surface area contributed by atoms with E-state index in [9.17, 15) is 15.2 Å². The van der Waals surface area contributed by atoms with Crippen molar-refractivity contribution < 1.29 is 23.7 Å². The van der Waals surface area contributed by atoms with Crippen LogP contribution in [0.4, 0.5) is 5.82 Å². The molecule has 0 radical (unpaired) electrons. The summed E-state index contributed by atoms with van der Waals surface area (Å²) in [5.74, 6) is 0.605. The Morgan fingerprint density at radius 2 is 1.68 bits per heavy atom. The molecule has 3 rings (SSSR count). The summed E-state index contributed by atoms with van der Waals surface area (Å²) < 4.78 is 11.4. The lowest BCUT2D eigenvalue weighted by Gasteiger charge is -2.14. The first kappa shape index (κ1) is 16.3. The summed E-state index contributed by atoms with van der Waals surface area (Å²) in [5.41, 5.74) is 6.64. The van der Waals surface area contributed by atoms with Crippen molar-refractivity contribution in [2.75, 3.05) is 20.0 Å². The molecule has 8 nitrogen and oxygen atoms in total. The van der Waals surface area contributed by atoms with Gasteiger partial charge in [0.25, 0.3) is 5.52 Å². The highest BCUT2D eigenvalue weighted by atomic mass is 16.5. The highest BCUT2D eigenvalue weighted by molar-refractivity contribution is 5.83. The fourth-order valence-electron chi connectivity index (χ4n) is 2.65. The number of hydrogen-bond acceptors (Lipinski definition) is 6. The van der Waals surface area contributed by atoms with Crippen molar-refractivity contribution in [1.29, 1.82) is 0 Å². The second kappa shape index (κ2) is 6.16. The predicted molar refractivity (Wildman–Crippen MR) is 90.2 cm³/mol. The summed E-state index contributed by atoms with van der Waals surface area (Å²) in [6.07, 6.45) is 0.598. The number of rotatable bonds is 4. The summed E-state index contributed by atoms with van der Waals surface area (Å²) in [5, 5.41) is 25.3. The molecule has 3 aromatic rings. The lowest BCUT2D eigenvalue weighted by molar-refractivity contribution is -0.609. The van der Waals surface area contributed by atoms with Gasteiger partial charge in [-0.1, -0.05) is 0 Å². The van der Waals surface area contributed by atoms with Gasteiger partial charge in [0.2, 0.25) is 5.52 Å². The zero-order chi connectivity index (χ0) is 18.1. The lowest BCUT2D eigenvalue weighted by Crippen LogP contribution is -2.43. The maximum Gasteiger partial charge on any atom is 0.351 e. The molecular formula is C17H15N3O5. The number of aromatic nitrogens is 2. The molecule has 0 bridgehead atoms. The molecule has 0 fully saturated rings. The average molecular weight is 341 g/mol. The summed E-state index contributed by atoms with van der Waals surface area (Å²) in [4.78, 5) is 11.0. The molecule has 0 aliphatic rings. The van der Waals surface area contributed by atoms with Crippen LogP contribution in [0.1, 0.15) is 10.4 Å². The van der Waals surface area contributed by atoms with Gasteiger partial charge in [-0.25, -0.2) is 4.73 Å². The standard InChI is InChI=1S/C17H15N3O5/c1-24-14-6-4-11(8-15(14)25-2)16-17(18)20(23)12-5-3-10(9-21)7-13(12)19(16)22/h3-9H,18H2,1-2H3. The number of benzene rings is 2. The van der Waals surface area contributed by atoms with Crippen LogP contribution in [0.25, 0.3) is 22.3 Å². The number of hydrogen-bond donors (Lipinski definition) is 1. The highest BCUT2D eigenvalue weighted by Gasteiger charge is 2.26. The van der Waals surface area contributed by atoms with Crippen molar-refractivity contribution in [3.05, 3.63) is 52.4 Å². The number of fused-ring (bicyclic) bond motifs is 1. The fourth-order valence-corrected chi connectivity index (χ4v) is 2.65. The topological polar surface area (TPSA) is 115 Å². The minimum Gasteiger partial charge on any atom is -0.710 e. The zero-order valence-electron chi connectivity index (χ0n) is 13.6. The third-order valence-electron chi connectivity index (χ3n) is 3.89. The van der Waals surface area contributed by atoms with Crippen molar-refractivity contribution in [1.82, 2.24) is 0 Å². The van der Waals surface area contributed by atoms with Gasteiger partial charge in [0.05, 0.1) is 19.8 Å². The van der Waals surface area contributed by atoms with Crippen LogP contribution >= 0.6 is 0 Å². The molecule has 1 aromatic heterocycles. The van der Waals surface area contributed by atoms with Gasteiger partial charge in [0, 0.05) is 11.6 Å². The van der Waals surface area contributed by atoms with Crippen molar-refractivity contribution in [3.8, 4) is 22.8 Å². The van der Waals surface area contributed by atoms with Crippen LogP contribution in [-0.4, -0.2) is 20.5 Å². The van der Waals surface area contributed by atoms with Crippen LogP contribution in [0.2, 0.25) is 0 Å². The second-order valence-electron chi connectivity index (χ2n) is 5.26. The molecule has 2 aromatic carbocycles. The first-order valence-corrected chi connectivity index (χ1v) is 7.27. The lowest BCUT2D eigenvalue weighted by atomic mass is 10.1. The Morgan fingerprint density at radius 3 is 2.32 bits per heavy atom. The molecular weight excluding hydrogens is 326 g/mol. The fraction of sp³-hybridized carbons (Fsp3) is 0.118. The highest BCUT2D eigenvalue weighted by Crippen LogP contribution is 2.32. The number of nitrogens with two attached hydrogens (primary N) is 1. The Hall–Kier alpha value is -3.55. The van der Waals surface area contributed by atoms with Gasteiger partial charge in [-0.3, -0.25) is 10.5 Å². The summed E-state index contributed by atoms with van der Waals surface area (Å²) in [6.45, 7) is 0.